The van der Waals surface area contributed by atoms with Gasteiger partial charge in [0.1, 0.15) is 24.1 Å². The minimum Gasteiger partial charge on any atom is -0.475 e. The number of rotatable bonds is 5. The summed E-state index contributed by atoms with van der Waals surface area (Å²) in [5.41, 5.74) is 2.11. The van der Waals surface area contributed by atoms with Crippen LogP contribution in [0.3, 0.4) is 0 Å². The van der Waals surface area contributed by atoms with Crippen molar-refractivity contribution in [2.24, 2.45) is 15.9 Å². The largest absolute Gasteiger partial charge is 0.475 e. The Hall–Kier alpha value is -3.71. The molecule has 0 saturated carbocycles. The van der Waals surface area contributed by atoms with E-state index in [0.717, 1.165) is 30.5 Å². The van der Waals surface area contributed by atoms with Gasteiger partial charge in [-0.05, 0) is 50.9 Å². The first-order valence-corrected chi connectivity index (χ1v) is 15.5. The minimum absolute atomic E-state index is 0.00244. The number of halogens is 3. The van der Waals surface area contributed by atoms with E-state index in [9.17, 15) is 14.4 Å². The number of likely N-dealkylation sites (N-methyl/N-ethyl adjacent to an activating group) is 1. The monoisotopic (exact) mass is 634 g/mol. The molecular formula is C33H33Cl2FN6O2. The van der Waals surface area contributed by atoms with Crippen molar-refractivity contribution in [3.8, 4) is 6.07 Å². The van der Waals surface area contributed by atoms with Gasteiger partial charge in [0.15, 0.2) is 6.17 Å². The Balaban J connectivity index is 1.43. The van der Waals surface area contributed by atoms with Crippen LogP contribution in [0.4, 0.5) is 4.39 Å². The number of nitrogens with zero attached hydrogens (tertiary/aromatic N) is 6. The van der Waals surface area contributed by atoms with E-state index in [2.05, 4.69) is 29.5 Å². The zero-order chi connectivity index (χ0) is 31.1. The highest BCUT2D eigenvalue weighted by molar-refractivity contribution is 6.48. The van der Waals surface area contributed by atoms with Crippen LogP contribution in [0, 0.1) is 23.1 Å². The first kappa shape index (κ1) is 30.3. The fourth-order valence-electron chi connectivity index (χ4n) is 6.65. The maximum absolute atomic E-state index is 14.6. The molecule has 0 spiro atoms. The van der Waals surface area contributed by atoms with Gasteiger partial charge in [-0.2, -0.15) is 5.26 Å². The highest BCUT2D eigenvalue weighted by Crippen LogP contribution is 2.40. The molecule has 0 aromatic heterocycles. The van der Waals surface area contributed by atoms with Crippen LogP contribution in [-0.4, -0.2) is 90.3 Å². The van der Waals surface area contributed by atoms with Gasteiger partial charge in [-0.25, -0.2) is 9.38 Å². The molecule has 2 aromatic rings. The number of carbonyl (C=O) groups is 1. The fraction of sp³-hybridized carbons (Fsp3) is 0.394. The topological polar surface area (TPSA) is 84.5 Å². The van der Waals surface area contributed by atoms with E-state index in [-0.39, 0.29) is 28.9 Å². The average Bonchev–Trinajstić information content (AvgIpc) is 3.44. The average molecular weight is 636 g/mol. The number of dihydropyridines is 2. The lowest BCUT2D eigenvalue weighted by atomic mass is 9.88. The fourth-order valence-corrected chi connectivity index (χ4v) is 7.21. The lowest BCUT2D eigenvalue weighted by Crippen LogP contribution is -2.55. The van der Waals surface area contributed by atoms with Crippen molar-refractivity contribution in [2.45, 2.75) is 38.0 Å². The van der Waals surface area contributed by atoms with E-state index in [1.807, 2.05) is 31.2 Å². The number of likely N-dealkylation sites (tertiary alicyclic amines) is 1. The van der Waals surface area contributed by atoms with E-state index in [1.54, 1.807) is 11.0 Å². The third kappa shape index (κ3) is 5.40. The second-order valence-corrected chi connectivity index (χ2v) is 12.4. The Morgan fingerprint density at radius 1 is 1.23 bits per heavy atom. The molecule has 11 heteroatoms. The lowest BCUT2D eigenvalue weighted by Gasteiger charge is -2.45. The summed E-state index contributed by atoms with van der Waals surface area (Å²) < 4.78 is 20.9. The first-order valence-electron chi connectivity index (χ1n) is 14.8. The number of fused-ring (bicyclic) bond motifs is 2. The molecule has 0 radical (unpaired) electrons. The van der Waals surface area contributed by atoms with Gasteiger partial charge in [-0.3, -0.25) is 9.79 Å². The maximum Gasteiger partial charge on any atom is 0.246 e. The number of amides is 1. The van der Waals surface area contributed by atoms with Gasteiger partial charge in [0.25, 0.3) is 0 Å². The van der Waals surface area contributed by atoms with Crippen LogP contribution < -0.4 is 0 Å². The summed E-state index contributed by atoms with van der Waals surface area (Å²) in [6.45, 7) is 8.49. The van der Waals surface area contributed by atoms with Gasteiger partial charge in [-0.1, -0.05) is 60.1 Å². The molecule has 2 saturated heterocycles. The summed E-state index contributed by atoms with van der Waals surface area (Å²) in [6.07, 6.45) is 4.60. The van der Waals surface area contributed by atoms with Gasteiger partial charge in [0, 0.05) is 48.4 Å². The Morgan fingerprint density at radius 2 is 2.05 bits per heavy atom. The highest BCUT2D eigenvalue weighted by Gasteiger charge is 2.42. The Morgan fingerprint density at radius 3 is 2.75 bits per heavy atom. The Labute approximate surface area is 266 Å². The summed E-state index contributed by atoms with van der Waals surface area (Å²) in [7, 11) is 2.07. The number of piperazine rings is 1. The summed E-state index contributed by atoms with van der Waals surface area (Å²) in [5.74, 6) is -0.860. The summed E-state index contributed by atoms with van der Waals surface area (Å²) in [6, 6.07) is 11.0. The molecule has 0 N–H and O–H groups in total. The quantitative estimate of drug-likeness (QED) is 0.405. The molecule has 8 nitrogen and oxygen atoms in total. The van der Waals surface area contributed by atoms with Crippen LogP contribution in [-0.2, 0) is 9.53 Å². The minimum atomic E-state index is -0.682. The van der Waals surface area contributed by atoms with Crippen LogP contribution >= 0.6 is 23.2 Å². The predicted molar refractivity (Wildman–Crippen MR) is 171 cm³/mol. The van der Waals surface area contributed by atoms with Crippen molar-refractivity contribution in [1.82, 2.24) is 14.7 Å². The third-order valence-electron chi connectivity index (χ3n) is 8.98. The second-order valence-electron chi connectivity index (χ2n) is 11.6. The Kier molecular flexibility index (Phi) is 8.51. The first-order chi connectivity index (χ1) is 21.2. The van der Waals surface area contributed by atoms with Crippen LogP contribution in [0.15, 0.2) is 75.4 Å². The summed E-state index contributed by atoms with van der Waals surface area (Å²) >= 11 is 13.4. The second kappa shape index (κ2) is 12.4. The van der Waals surface area contributed by atoms with Crippen LogP contribution in [0.5, 0.6) is 0 Å². The molecule has 4 aliphatic heterocycles. The molecule has 6 rings (SSSR count). The maximum atomic E-state index is 14.6. The molecule has 0 bridgehead atoms. The normalized spacial score (nSPS) is 25.7. The zero-order valence-electron chi connectivity index (χ0n) is 24.6. The molecule has 1 amide bonds. The third-order valence-corrected chi connectivity index (χ3v) is 9.65. The van der Waals surface area contributed by atoms with Crippen molar-refractivity contribution >= 4 is 51.5 Å². The predicted octanol–water partition coefficient (Wildman–Crippen LogP) is 5.52. The van der Waals surface area contributed by atoms with Crippen molar-refractivity contribution in [3.05, 3.63) is 81.8 Å². The molecule has 228 valence electrons. The molecular weight excluding hydrogens is 602 g/mol. The highest BCUT2D eigenvalue weighted by atomic mass is 35.5. The van der Waals surface area contributed by atoms with E-state index < -0.39 is 17.9 Å². The van der Waals surface area contributed by atoms with Crippen LogP contribution in [0.25, 0.3) is 10.8 Å². The van der Waals surface area contributed by atoms with E-state index in [1.165, 1.54) is 12.1 Å². The number of nitriles is 1. The van der Waals surface area contributed by atoms with Crippen LogP contribution in [0.1, 0.15) is 25.3 Å². The number of carbonyl (C=O) groups excluding carboxylic acids is 1. The Bertz CT molecular complexity index is 1690. The van der Waals surface area contributed by atoms with Gasteiger partial charge < -0.3 is 19.4 Å². The van der Waals surface area contributed by atoms with Crippen molar-refractivity contribution in [1.29, 1.82) is 5.26 Å². The number of allylic oxidation sites excluding steroid dienone is 1. The lowest BCUT2D eigenvalue weighted by molar-refractivity contribution is -0.128. The number of hydrogen-bond acceptors (Lipinski definition) is 7. The van der Waals surface area contributed by atoms with Gasteiger partial charge in [-0.15, -0.1) is 0 Å². The number of ether oxygens (including phenoxy) is 1. The molecule has 4 heterocycles. The van der Waals surface area contributed by atoms with Crippen molar-refractivity contribution < 1.29 is 13.9 Å². The SMILES string of the molecule is C=CC(=O)N1CCN(C2=C(C#N)C(OC[C@@H]3CCCN3C)=NC3N=C(c4cccc5ccc(F)c(Cl)c45)C(Cl)=CC23)[C@@H](C)C1. The molecule has 4 aliphatic rings. The molecule has 2 aromatic carbocycles. The molecule has 2 fully saturated rings. The molecule has 0 aliphatic carbocycles. The van der Waals surface area contributed by atoms with Gasteiger partial charge in [0.05, 0.1) is 21.7 Å². The number of benzene rings is 2. The zero-order valence-corrected chi connectivity index (χ0v) is 26.2. The van der Waals surface area contributed by atoms with E-state index in [4.69, 9.17) is 37.9 Å². The molecule has 4 atom stereocenters. The smallest absolute Gasteiger partial charge is 0.246 e. The van der Waals surface area contributed by atoms with Gasteiger partial charge in [0.2, 0.25) is 11.8 Å². The molecule has 2 unspecified atom stereocenters. The standard InChI is InChI=1S/C33H33Cl2FN6O2/c1-4-27(43)41-13-14-42(19(2)17-41)31-23-15-25(34)30(22-9-5-7-20-10-11-26(36)29(35)28(20)22)38-32(23)39-33(24(31)16-37)44-18-21-8-6-12-40(21)3/h4-5,7,9-11,15,19,21,23,32H,1,6,8,12-14,17-18H2,2-3H3/t19-,21-,23?,32?/m0/s1. The summed E-state index contributed by atoms with van der Waals surface area (Å²) in [5, 5.41) is 12.1. The molecule has 44 heavy (non-hydrogen) atoms. The summed E-state index contributed by atoms with van der Waals surface area (Å²) in [4.78, 5) is 28.5. The number of hydrogen-bond donors (Lipinski definition) is 0. The van der Waals surface area contributed by atoms with E-state index >= 15 is 0 Å². The van der Waals surface area contributed by atoms with Crippen molar-refractivity contribution in [2.75, 3.05) is 39.8 Å². The van der Waals surface area contributed by atoms with Crippen molar-refractivity contribution in [3.63, 3.8) is 0 Å². The van der Waals surface area contributed by atoms with E-state index in [0.29, 0.717) is 53.5 Å². The van der Waals surface area contributed by atoms with Crippen LogP contribution in [0.2, 0.25) is 5.02 Å². The number of aliphatic imine (C=N–C) groups is 2. The van der Waals surface area contributed by atoms with Gasteiger partial charge >= 0.3 is 0 Å².